The maximum Gasteiger partial charge on any atom is 0.0705 e. The van der Waals surface area contributed by atoms with Crippen LogP contribution in [0.1, 0.15) is 79.0 Å². The summed E-state index contributed by atoms with van der Waals surface area (Å²) in [7, 11) is 0. The number of aromatic nitrogens is 3. The summed E-state index contributed by atoms with van der Waals surface area (Å²) in [5, 5.41) is 0. The van der Waals surface area contributed by atoms with Gasteiger partial charge in [-0.3, -0.25) is 15.0 Å². The first kappa shape index (κ1) is 50.5. The summed E-state index contributed by atoms with van der Waals surface area (Å²) in [6.07, 6.45) is 5.77. The van der Waals surface area contributed by atoms with Crippen molar-refractivity contribution in [2.75, 3.05) is 0 Å². The van der Waals surface area contributed by atoms with Gasteiger partial charge in [0, 0.05) is 44.2 Å². The van der Waals surface area contributed by atoms with Gasteiger partial charge in [0.1, 0.15) is 0 Å². The van der Waals surface area contributed by atoms with Crippen molar-refractivity contribution in [1.82, 2.24) is 15.0 Å². The predicted octanol–water partition coefficient (Wildman–Crippen LogP) is 20.3. The zero-order valence-electron chi connectivity index (χ0n) is 43.7. The van der Waals surface area contributed by atoms with Crippen LogP contribution in [0.5, 0.6) is 0 Å². The van der Waals surface area contributed by atoms with Gasteiger partial charge in [-0.15, -0.1) is 0 Å². The van der Waals surface area contributed by atoms with Crippen molar-refractivity contribution in [3.8, 4) is 101 Å². The van der Waals surface area contributed by atoms with Crippen LogP contribution < -0.4 is 0 Å². The highest BCUT2D eigenvalue weighted by Crippen LogP contribution is 2.45. The van der Waals surface area contributed by atoms with Crippen molar-refractivity contribution in [2.45, 2.75) is 78.6 Å². The quantitative estimate of drug-likeness (QED) is 0.145. The number of rotatable bonds is 9. The third kappa shape index (κ3) is 10.6. The molecule has 74 heavy (non-hydrogen) atoms. The Balaban J connectivity index is 1.11. The summed E-state index contributed by atoms with van der Waals surface area (Å²) < 4.78 is 2.02. The molecule has 3 aromatic heterocycles. The Morgan fingerprint density at radius 1 is 0.257 bits per heavy atom. The Morgan fingerprint density at radius 2 is 0.541 bits per heavy atom. The third-order valence-electron chi connectivity index (χ3n) is 14.1. The Morgan fingerprint density at radius 3 is 0.878 bits per heavy atom. The largest absolute Gasteiger partial charge is 0.256 e. The number of halogens is 2. The van der Waals surface area contributed by atoms with Crippen LogP contribution in [-0.2, 0) is 16.2 Å². The highest BCUT2D eigenvalue weighted by atomic mass is 79.9. The molecular weight excluding hydrogens is 1030 g/mol. The lowest BCUT2D eigenvalue weighted by atomic mass is 9.85. The molecule has 0 aliphatic carbocycles. The minimum absolute atomic E-state index is 0.0155. The molecule has 10 rings (SSSR count). The highest BCUT2D eigenvalue weighted by molar-refractivity contribution is 9.11. The van der Waals surface area contributed by atoms with E-state index in [9.17, 15) is 0 Å². The molecule has 0 atom stereocenters. The van der Waals surface area contributed by atoms with Crippen LogP contribution >= 0.6 is 31.9 Å². The van der Waals surface area contributed by atoms with Gasteiger partial charge in [-0.1, -0.05) is 216 Å². The van der Waals surface area contributed by atoms with E-state index in [4.69, 9.17) is 15.0 Å². The fraction of sp³-hybridized carbons (Fsp3) is 0.174. The predicted molar refractivity (Wildman–Crippen MR) is 320 cm³/mol. The van der Waals surface area contributed by atoms with E-state index in [1.165, 1.54) is 16.7 Å². The maximum atomic E-state index is 4.80. The molecule has 0 fully saturated rings. The van der Waals surface area contributed by atoms with E-state index in [2.05, 4.69) is 282 Å². The molecule has 0 saturated carbocycles. The van der Waals surface area contributed by atoms with E-state index in [-0.39, 0.29) is 16.2 Å². The first-order chi connectivity index (χ1) is 35.4. The standard InChI is InChI=1S/C69H61Br2N3/c1-67(2,3)51-30-33-72-64(41-51)45-24-22-44(23-25-45)54-16-10-11-17-55(54)48-36-49(56-18-12-14-20-58(56)60-28-26-46(39-62(60)70)65-42-52(31-34-73-65)68(4,5)6)38-50(37-48)57-19-13-15-21-59(57)61-29-27-47(40-63(61)71)66-43-53(32-35-74-66)69(7,8)9/h10-43H,1-9H3. The van der Waals surface area contributed by atoms with Gasteiger partial charge in [0.05, 0.1) is 17.1 Å². The SMILES string of the molecule is CC(C)(C)c1ccnc(-c2ccc(-c3ccccc3-c3cc(-c4ccccc4-c4ccc(-c5cc(C(C)(C)C)ccn5)cc4Br)cc(-c4ccccc4-c4ccc(-c5cc(C(C)(C)C)ccn5)cc4Br)c3)cc2)c1. The van der Waals surface area contributed by atoms with Crippen molar-refractivity contribution < 1.29 is 0 Å². The Bertz CT molecular complexity index is 3530. The van der Waals surface area contributed by atoms with Gasteiger partial charge in [-0.25, -0.2) is 0 Å². The van der Waals surface area contributed by atoms with E-state index in [0.717, 1.165) is 109 Å². The summed E-state index contributed by atoms with van der Waals surface area (Å²) >= 11 is 8.10. The first-order valence-corrected chi connectivity index (χ1v) is 27.0. The smallest absolute Gasteiger partial charge is 0.0705 e. The molecule has 5 heteroatoms. The molecule has 0 spiro atoms. The molecule has 0 saturated heterocycles. The Kier molecular flexibility index (Phi) is 13.9. The van der Waals surface area contributed by atoms with Crippen molar-refractivity contribution in [2.24, 2.45) is 0 Å². The molecule has 0 aliphatic heterocycles. The maximum absolute atomic E-state index is 4.80. The van der Waals surface area contributed by atoms with Crippen LogP contribution in [0.3, 0.4) is 0 Å². The van der Waals surface area contributed by atoms with Gasteiger partial charge in [0.2, 0.25) is 0 Å². The van der Waals surface area contributed by atoms with Crippen molar-refractivity contribution >= 4 is 31.9 Å². The van der Waals surface area contributed by atoms with Crippen LogP contribution in [-0.4, -0.2) is 15.0 Å². The molecule has 0 bridgehead atoms. The van der Waals surface area contributed by atoms with E-state index in [1.54, 1.807) is 0 Å². The Hall–Kier alpha value is -7.05. The van der Waals surface area contributed by atoms with Gasteiger partial charge >= 0.3 is 0 Å². The third-order valence-corrected chi connectivity index (χ3v) is 15.4. The van der Waals surface area contributed by atoms with Gasteiger partial charge in [0.15, 0.2) is 0 Å². The van der Waals surface area contributed by atoms with E-state index in [0.29, 0.717) is 0 Å². The molecule has 0 unspecified atom stereocenters. The van der Waals surface area contributed by atoms with Gasteiger partial charge in [0.25, 0.3) is 0 Å². The fourth-order valence-electron chi connectivity index (χ4n) is 9.79. The number of benzene rings is 7. The van der Waals surface area contributed by atoms with Crippen LogP contribution in [0.25, 0.3) is 101 Å². The number of nitrogens with zero attached hydrogens (tertiary/aromatic N) is 3. The van der Waals surface area contributed by atoms with Crippen molar-refractivity contribution in [1.29, 1.82) is 0 Å². The molecule has 0 aliphatic rings. The molecule has 0 radical (unpaired) electrons. The number of hydrogen-bond donors (Lipinski definition) is 0. The summed E-state index contributed by atoms with van der Waals surface area (Å²) in [4.78, 5) is 14.4. The van der Waals surface area contributed by atoms with Crippen LogP contribution in [0.15, 0.2) is 216 Å². The zero-order valence-corrected chi connectivity index (χ0v) is 46.9. The molecule has 366 valence electrons. The zero-order chi connectivity index (χ0) is 51.9. The molecule has 10 aromatic rings. The molecule has 0 N–H and O–H groups in total. The van der Waals surface area contributed by atoms with Gasteiger partial charge in [-0.2, -0.15) is 0 Å². The van der Waals surface area contributed by atoms with Crippen LogP contribution in [0.4, 0.5) is 0 Å². The lowest BCUT2D eigenvalue weighted by molar-refractivity contribution is 0.589. The van der Waals surface area contributed by atoms with Crippen LogP contribution in [0.2, 0.25) is 0 Å². The second-order valence-electron chi connectivity index (χ2n) is 22.4. The molecule has 0 amide bonds. The van der Waals surface area contributed by atoms with Crippen molar-refractivity contribution in [3.05, 3.63) is 232 Å². The summed E-state index contributed by atoms with van der Waals surface area (Å²) in [6, 6.07) is 68.6. The first-order valence-electron chi connectivity index (χ1n) is 25.4. The molecule has 3 nitrogen and oxygen atoms in total. The molecule has 3 heterocycles. The minimum atomic E-state index is 0.0155. The lowest BCUT2D eigenvalue weighted by Crippen LogP contribution is -2.11. The second kappa shape index (κ2) is 20.3. The normalized spacial score (nSPS) is 12.0. The topological polar surface area (TPSA) is 38.7 Å². The molecule has 7 aromatic carbocycles. The van der Waals surface area contributed by atoms with Crippen LogP contribution in [0, 0.1) is 0 Å². The summed E-state index contributed by atoms with van der Waals surface area (Å²) in [6.45, 7) is 20.2. The summed E-state index contributed by atoms with van der Waals surface area (Å²) in [5.41, 5.74) is 23.5. The average molecular weight is 1090 g/mol. The van der Waals surface area contributed by atoms with E-state index in [1.807, 2.05) is 18.6 Å². The second-order valence-corrected chi connectivity index (χ2v) is 24.2. The highest BCUT2D eigenvalue weighted by Gasteiger charge is 2.21. The number of pyridine rings is 3. The average Bonchev–Trinajstić information content (AvgIpc) is 3.40. The number of hydrogen-bond acceptors (Lipinski definition) is 3. The lowest BCUT2D eigenvalue weighted by Gasteiger charge is -2.20. The van der Waals surface area contributed by atoms with E-state index >= 15 is 0 Å². The van der Waals surface area contributed by atoms with E-state index < -0.39 is 0 Å². The minimum Gasteiger partial charge on any atom is -0.256 e. The molecular formula is C69H61Br2N3. The van der Waals surface area contributed by atoms with Gasteiger partial charge < -0.3 is 0 Å². The fourth-order valence-corrected chi connectivity index (χ4v) is 11.0. The monoisotopic (exact) mass is 1090 g/mol. The summed E-state index contributed by atoms with van der Waals surface area (Å²) in [5.74, 6) is 0. The van der Waals surface area contributed by atoms with Crippen molar-refractivity contribution in [3.63, 3.8) is 0 Å². The van der Waals surface area contributed by atoms with Gasteiger partial charge in [-0.05, 0) is 166 Å². The Labute approximate surface area is 455 Å².